The molecule has 0 spiro atoms. The average Bonchev–Trinajstić information content (AvgIpc) is 2.22. The monoisotopic (exact) mass is 256 g/mol. The molecule has 1 aromatic rings. The van der Waals surface area contributed by atoms with Gasteiger partial charge in [-0.2, -0.15) is 0 Å². The van der Waals surface area contributed by atoms with Gasteiger partial charge in [0, 0.05) is 9.79 Å². The molecule has 0 bridgehead atoms. The Morgan fingerprint density at radius 3 is 2.62 bits per heavy atom. The van der Waals surface area contributed by atoms with Crippen LogP contribution in [0.4, 0.5) is 0 Å². The Labute approximate surface area is 103 Å². The summed E-state index contributed by atoms with van der Waals surface area (Å²) in [4.78, 5) is 12.9. The number of rotatable bonds is 4. The number of carboxylic acids is 1. The van der Waals surface area contributed by atoms with Gasteiger partial charge in [-0.1, -0.05) is 6.07 Å². The first-order chi connectivity index (χ1) is 7.72. The Morgan fingerprint density at radius 2 is 2.12 bits per heavy atom. The number of carboxylic acid groups (broad SMARTS) is 1. The number of hydrogen-bond donors (Lipinski definition) is 1. The van der Waals surface area contributed by atoms with Crippen molar-refractivity contribution < 1.29 is 14.6 Å². The standard InChI is InChI=1S/C11H12O3S2/c1-15-8-3-2-4-9(10(8)11(12)13)16-7-5-14-6-7/h2-4,7H,5-6H2,1H3,(H,12,13). The molecule has 16 heavy (non-hydrogen) atoms. The number of thioether (sulfide) groups is 2. The van der Waals surface area contributed by atoms with E-state index < -0.39 is 5.97 Å². The fourth-order valence-electron chi connectivity index (χ4n) is 1.45. The molecule has 5 heteroatoms. The van der Waals surface area contributed by atoms with Crippen LogP contribution in [0.25, 0.3) is 0 Å². The third-order valence-electron chi connectivity index (χ3n) is 2.32. The Morgan fingerprint density at radius 1 is 1.44 bits per heavy atom. The first-order valence-electron chi connectivity index (χ1n) is 4.87. The van der Waals surface area contributed by atoms with Crippen molar-refractivity contribution in [2.24, 2.45) is 0 Å². The van der Waals surface area contributed by atoms with Gasteiger partial charge in [-0.15, -0.1) is 23.5 Å². The third kappa shape index (κ3) is 2.36. The van der Waals surface area contributed by atoms with Crippen molar-refractivity contribution in [1.82, 2.24) is 0 Å². The summed E-state index contributed by atoms with van der Waals surface area (Å²) in [6, 6.07) is 5.61. The maximum absolute atomic E-state index is 11.2. The van der Waals surface area contributed by atoms with Crippen LogP contribution < -0.4 is 0 Å². The summed E-state index contributed by atoms with van der Waals surface area (Å²) in [5.74, 6) is -0.854. The molecular weight excluding hydrogens is 244 g/mol. The second-order valence-electron chi connectivity index (χ2n) is 3.42. The van der Waals surface area contributed by atoms with Crippen LogP contribution in [0.1, 0.15) is 10.4 Å². The minimum atomic E-state index is -0.854. The van der Waals surface area contributed by atoms with Crippen LogP contribution in [0.3, 0.4) is 0 Å². The van der Waals surface area contributed by atoms with Gasteiger partial charge in [0.1, 0.15) is 0 Å². The quantitative estimate of drug-likeness (QED) is 0.839. The van der Waals surface area contributed by atoms with E-state index in [1.165, 1.54) is 11.8 Å². The van der Waals surface area contributed by atoms with Crippen molar-refractivity contribution in [3.05, 3.63) is 23.8 Å². The molecule has 1 fully saturated rings. The Bertz CT molecular complexity index is 402. The van der Waals surface area contributed by atoms with Crippen LogP contribution in [0.2, 0.25) is 0 Å². The third-order valence-corrected chi connectivity index (χ3v) is 4.30. The summed E-state index contributed by atoms with van der Waals surface area (Å²) in [6.45, 7) is 1.43. The first-order valence-corrected chi connectivity index (χ1v) is 6.97. The summed E-state index contributed by atoms with van der Waals surface area (Å²) in [7, 11) is 0. The zero-order valence-corrected chi connectivity index (χ0v) is 10.4. The van der Waals surface area contributed by atoms with Crippen LogP contribution in [-0.2, 0) is 4.74 Å². The minimum Gasteiger partial charge on any atom is -0.478 e. The van der Waals surface area contributed by atoms with Gasteiger partial charge < -0.3 is 9.84 Å². The first kappa shape index (κ1) is 11.8. The molecule has 0 saturated carbocycles. The molecule has 0 unspecified atom stereocenters. The van der Waals surface area contributed by atoms with Gasteiger partial charge in [0.05, 0.1) is 24.0 Å². The molecular formula is C11H12O3S2. The molecule has 1 aromatic carbocycles. The molecule has 0 radical (unpaired) electrons. The predicted octanol–water partition coefficient (Wildman–Crippen LogP) is 2.60. The van der Waals surface area contributed by atoms with Crippen molar-refractivity contribution in [3.63, 3.8) is 0 Å². The van der Waals surface area contributed by atoms with Crippen LogP contribution in [0.15, 0.2) is 28.0 Å². The van der Waals surface area contributed by atoms with Gasteiger partial charge in [0.15, 0.2) is 0 Å². The molecule has 0 atom stereocenters. The fourth-order valence-corrected chi connectivity index (χ4v) is 3.29. The molecule has 1 heterocycles. The normalized spacial score (nSPS) is 15.8. The number of ether oxygens (including phenoxy) is 1. The van der Waals surface area contributed by atoms with Crippen molar-refractivity contribution >= 4 is 29.5 Å². The van der Waals surface area contributed by atoms with Crippen molar-refractivity contribution in [2.75, 3.05) is 19.5 Å². The van der Waals surface area contributed by atoms with Gasteiger partial charge in [-0.05, 0) is 18.4 Å². The molecule has 1 aliphatic heterocycles. The minimum absolute atomic E-state index is 0.398. The van der Waals surface area contributed by atoms with E-state index in [4.69, 9.17) is 4.74 Å². The zero-order valence-electron chi connectivity index (χ0n) is 8.80. The summed E-state index contributed by atoms with van der Waals surface area (Å²) < 4.78 is 5.09. The predicted molar refractivity (Wildman–Crippen MR) is 65.6 cm³/mol. The summed E-state index contributed by atoms with van der Waals surface area (Å²) in [5.41, 5.74) is 0.423. The van der Waals surface area contributed by atoms with Gasteiger partial charge in [-0.3, -0.25) is 0 Å². The van der Waals surface area contributed by atoms with Gasteiger partial charge in [0.25, 0.3) is 0 Å². The van der Waals surface area contributed by atoms with Crippen LogP contribution in [0, 0.1) is 0 Å². The number of hydrogen-bond acceptors (Lipinski definition) is 4. The maximum Gasteiger partial charge on any atom is 0.337 e. The molecule has 3 nitrogen and oxygen atoms in total. The lowest BCUT2D eigenvalue weighted by Gasteiger charge is -2.25. The summed E-state index contributed by atoms with van der Waals surface area (Å²) >= 11 is 3.06. The molecule has 1 saturated heterocycles. The lowest BCUT2D eigenvalue weighted by molar-refractivity contribution is 0.0454. The van der Waals surface area contributed by atoms with Crippen molar-refractivity contribution in [3.8, 4) is 0 Å². The van der Waals surface area contributed by atoms with Gasteiger partial charge >= 0.3 is 5.97 Å². The van der Waals surface area contributed by atoms with E-state index in [2.05, 4.69) is 0 Å². The van der Waals surface area contributed by atoms with E-state index in [0.717, 1.165) is 9.79 Å². The summed E-state index contributed by atoms with van der Waals surface area (Å²) in [6.07, 6.45) is 1.89. The molecule has 0 aromatic heterocycles. The molecule has 2 rings (SSSR count). The highest BCUT2D eigenvalue weighted by Gasteiger charge is 2.23. The van der Waals surface area contributed by atoms with Gasteiger partial charge in [0.2, 0.25) is 0 Å². The Kier molecular flexibility index (Phi) is 3.78. The number of aromatic carboxylic acids is 1. The second kappa shape index (κ2) is 5.12. The molecule has 0 amide bonds. The van der Waals surface area contributed by atoms with E-state index in [1.807, 2.05) is 24.5 Å². The van der Waals surface area contributed by atoms with Crippen molar-refractivity contribution in [1.29, 1.82) is 0 Å². The van der Waals surface area contributed by atoms with E-state index in [-0.39, 0.29) is 0 Å². The lowest BCUT2D eigenvalue weighted by atomic mass is 10.2. The van der Waals surface area contributed by atoms with Crippen LogP contribution >= 0.6 is 23.5 Å². The second-order valence-corrected chi connectivity index (χ2v) is 5.61. The highest BCUT2D eigenvalue weighted by atomic mass is 32.2. The molecule has 1 N–H and O–H groups in total. The highest BCUT2D eigenvalue weighted by molar-refractivity contribution is 8.00. The molecule has 0 aliphatic carbocycles. The van der Waals surface area contributed by atoms with E-state index in [0.29, 0.717) is 24.0 Å². The fraction of sp³-hybridized carbons (Fsp3) is 0.364. The number of carbonyl (C=O) groups is 1. The lowest BCUT2D eigenvalue weighted by Crippen LogP contribution is -2.30. The summed E-state index contributed by atoms with van der Waals surface area (Å²) in [5, 5.41) is 9.62. The van der Waals surface area contributed by atoms with E-state index in [1.54, 1.807) is 11.8 Å². The highest BCUT2D eigenvalue weighted by Crippen LogP contribution is 2.34. The largest absolute Gasteiger partial charge is 0.478 e. The SMILES string of the molecule is CSc1cccc(SC2COC2)c1C(=O)O. The van der Waals surface area contributed by atoms with E-state index in [9.17, 15) is 9.90 Å². The molecule has 1 aliphatic rings. The molecule has 86 valence electrons. The number of benzene rings is 1. The van der Waals surface area contributed by atoms with Crippen molar-refractivity contribution in [2.45, 2.75) is 15.0 Å². The zero-order chi connectivity index (χ0) is 11.5. The van der Waals surface area contributed by atoms with Crippen LogP contribution in [-0.4, -0.2) is 35.8 Å². The van der Waals surface area contributed by atoms with E-state index >= 15 is 0 Å². The smallest absolute Gasteiger partial charge is 0.337 e. The Balaban J connectivity index is 2.30. The average molecular weight is 256 g/mol. The topological polar surface area (TPSA) is 46.5 Å². The van der Waals surface area contributed by atoms with Crippen LogP contribution in [0.5, 0.6) is 0 Å². The van der Waals surface area contributed by atoms with Gasteiger partial charge in [-0.25, -0.2) is 4.79 Å². The maximum atomic E-state index is 11.2. The Hall–Kier alpha value is -0.650.